The summed E-state index contributed by atoms with van der Waals surface area (Å²) >= 11 is 1.73. The Labute approximate surface area is 102 Å². The first-order chi connectivity index (χ1) is 7.72. The van der Waals surface area contributed by atoms with Gasteiger partial charge < -0.3 is 10.6 Å². The second-order valence-electron chi connectivity index (χ2n) is 4.57. The van der Waals surface area contributed by atoms with Gasteiger partial charge in [0, 0.05) is 24.0 Å². The molecule has 0 amide bonds. The Kier molecular flexibility index (Phi) is 3.82. The highest BCUT2D eigenvalue weighted by Crippen LogP contribution is 2.30. The maximum atomic E-state index is 5.85. The van der Waals surface area contributed by atoms with Gasteiger partial charge in [-0.3, -0.25) is 0 Å². The lowest BCUT2D eigenvalue weighted by Crippen LogP contribution is -2.32. The van der Waals surface area contributed by atoms with Crippen LogP contribution in [0.5, 0.6) is 0 Å². The Bertz CT molecular complexity index is 329. The first-order valence-corrected chi connectivity index (χ1v) is 7.08. The van der Waals surface area contributed by atoms with Gasteiger partial charge in [0.05, 0.1) is 5.69 Å². The Morgan fingerprint density at radius 2 is 2.25 bits per heavy atom. The van der Waals surface area contributed by atoms with E-state index in [9.17, 15) is 0 Å². The molecule has 1 aromatic rings. The lowest BCUT2D eigenvalue weighted by atomic mass is 10.2. The molecule has 1 aliphatic rings. The zero-order chi connectivity index (χ0) is 11.5. The highest BCUT2D eigenvalue weighted by atomic mass is 32.1. The van der Waals surface area contributed by atoms with Crippen molar-refractivity contribution in [3.05, 3.63) is 11.1 Å². The molecule has 0 radical (unpaired) electrons. The zero-order valence-corrected chi connectivity index (χ0v) is 11.0. The van der Waals surface area contributed by atoms with Crippen LogP contribution in [0.4, 0.5) is 5.13 Å². The van der Waals surface area contributed by atoms with Crippen LogP contribution < -0.4 is 10.6 Å². The minimum atomic E-state index is 0.0484. The first-order valence-electron chi connectivity index (χ1n) is 6.20. The van der Waals surface area contributed by atoms with Crippen molar-refractivity contribution in [1.82, 2.24) is 4.98 Å². The molecule has 0 aromatic carbocycles. The van der Waals surface area contributed by atoms with Crippen molar-refractivity contribution in [2.45, 2.75) is 51.6 Å². The van der Waals surface area contributed by atoms with Crippen LogP contribution in [0.15, 0.2) is 5.38 Å². The van der Waals surface area contributed by atoms with E-state index in [1.807, 2.05) is 6.92 Å². The van der Waals surface area contributed by atoms with E-state index in [4.69, 9.17) is 5.73 Å². The number of anilines is 1. The van der Waals surface area contributed by atoms with Crippen molar-refractivity contribution in [2.24, 2.45) is 5.73 Å². The molecule has 0 saturated heterocycles. The Hall–Kier alpha value is -0.610. The fourth-order valence-electron chi connectivity index (χ4n) is 2.38. The van der Waals surface area contributed by atoms with Crippen LogP contribution in [-0.4, -0.2) is 17.6 Å². The van der Waals surface area contributed by atoms with Crippen molar-refractivity contribution >= 4 is 16.5 Å². The van der Waals surface area contributed by atoms with Crippen molar-refractivity contribution in [2.75, 3.05) is 11.4 Å². The van der Waals surface area contributed by atoms with E-state index in [1.165, 1.54) is 25.7 Å². The quantitative estimate of drug-likeness (QED) is 0.878. The standard InChI is InChI=1S/C12H21N3S/c1-3-15(10-6-4-5-7-10)12-14-11(8-16-12)9(2)13/h8-10H,3-7,13H2,1-2H3. The number of rotatable bonds is 4. The van der Waals surface area contributed by atoms with Crippen molar-refractivity contribution < 1.29 is 0 Å². The molecule has 2 N–H and O–H groups in total. The Morgan fingerprint density at radius 3 is 2.75 bits per heavy atom. The van der Waals surface area contributed by atoms with E-state index >= 15 is 0 Å². The molecule has 1 unspecified atom stereocenters. The van der Waals surface area contributed by atoms with Gasteiger partial charge in [-0.1, -0.05) is 12.8 Å². The number of hydrogen-bond acceptors (Lipinski definition) is 4. The summed E-state index contributed by atoms with van der Waals surface area (Å²) in [5.74, 6) is 0. The summed E-state index contributed by atoms with van der Waals surface area (Å²) in [4.78, 5) is 7.09. The number of hydrogen-bond donors (Lipinski definition) is 1. The molecule has 1 atom stereocenters. The first kappa shape index (κ1) is 11.9. The summed E-state index contributed by atoms with van der Waals surface area (Å²) in [6.45, 7) is 5.26. The van der Waals surface area contributed by atoms with Gasteiger partial charge in [-0.25, -0.2) is 4.98 Å². The third kappa shape index (κ3) is 2.38. The van der Waals surface area contributed by atoms with E-state index in [2.05, 4.69) is 22.2 Å². The molecule has 1 aromatic heterocycles. The predicted octanol–water partition coefficient (Wildman–Crippen LogP) is 2.93. The molecular weight excluding hydrogens is 218 g/mol. The molecule has 1 fully saturated rings. The van der Waals surface area contributed by atoms with E-state index in [1.54, 1.807) is 11.3 Å². The average Bonchev–Trinajstić information content (AvgIpc) is 2.88. The Balaban J connectivity index is 2.12. The van der Waals surface area contributed by atoms with Crippen LogP contribution in [0.2, 0.25) is 0 Å². The number of nitrogens with two attached hydrogens (primary N) is 1. The molecule has 4 heteroatoms. The third-order valence-corrected chi connectivity index (χ3v) is 4.22. The normalized spacial score (nSPS) is 18.9. The van der Waals surface area contributed by atoms with E-state index in [0.717, 1.165) is 17.4 Å². The molecule has 2 rings (SSSR count). The van der Waals surface area contributed by atoms with Crippen molar-refractivity contribution in [3.8, 4) is 0 Å². The minimum Gasteiger partial charge on any atom is -0.345 e. The smallest absolute Gasteiger partial charge is 0.185 e. The summed E-state index contributed by atoms with van der Waals surface area (Å²) in [6.07, 6.45) is 5.38. The zero-order valence-electron chi connectivity index (χ0n) is 10.1. The van der Waals surface area contributed by atoms with E-state index < -0.39 is 0 Å². The second-order valence-corrected chi connectivity index (χ2v) is 5.40. The number of nitrogens with zero attached hydrogens (tertiary/aromatic N) is 2. The summed E-state index contributed by atoms with van der Waals surface area (Å²) < 4.78 is 0. The highest BCUT2D eigenvalue weighted by molar-refractivity contribution is 7.13. The van der Waals surface area contributed by atoms with Gasteiger partial charge in [-0.15, -0.1) is 11.3 Å². The van der Waals surface area contributed by atoms with Crippen LogP contribution in [-0.2, 0) is 0 Å². The summed E-state index contributed by atoms with van der Waals surface area (Å²) in [7, 11) is 0. The maximum Gasteiger partial charge on any atom is 0.185 e. The summed E-state index contributed by atoms with van der Waals surface area (Å²) in [5, 5.41) is 3.25. The third-order valence-electron chi connectivity index (χ3n) is 3.33. The summed E-state index contributed by atoms with van der Waals surface area (Å²) in [5.41, 5.74) is 6.87. The molecular formula is C12H21N3S. The lowest BCUT2D eigenvalue weighted by molar-refractivity contribution is 0.616. The highest BCUT2D eigenvalue weighted by Gasteiger charge is 2.23. The molecule has 0 bridgehead atoms. The topological polar surface area (TPSA) is 42.2 Å². The molecule has 16 heavy (non-hydrogen) atoms. The lowest BCUT2D eigenvalue weighted by Gasteiger charge is -2.26. The van der Waals surface area contributed by atoms with Crippen LogP contribution in [0, 0.1) is 0 Å². The number of aromatic nitrogens is 1. The van der Waals surface area contributed by atoms with Gasteiger partial charge in [0.2, 0.25) is 0 Å². The van der Waals surface area contributed by atoms with Crippen LogP contribution >= 0.6 is 11.3 Å². The summed E-state index contributed by atoms with van der Waals surface area (Å²) in [6, 6.07) is 0.754. The Morgan fingerprint density at radius 1 is 1.56 bits per heavy atom. The number of thiazole rings is 1. The monoisotopic (exact) mass is 239 g/mol. The fraction of sp³-hybridized carbons (Fsp3) is 0.750. The molecule has 0 aliphatic heterocycles. The minimum absolute atomic E-state index is 0.0484. The SMILES string of the molecule is CCN(c1nc(C(C)N)cs1)C1CCCC1. The largest absolute Gasteiger partial charge is 0.345 e. The molecule has 1 saturated carbocycles. The van der Waals surface area contributed by atoms with Gasteiger partial charge in [-0.05, 0) is 26.7 Å². The maximum absolute atomic E-state index is 5.85. The van der Waals surface area contributed by atoms with Gasteiger partial charge in [-0.2, -0.15) is 0 Å². The van der Waals surface area contributed by atoms with Crippen LogP contribution in [0.1, 0.15) is 51.3 Å². The molecule has 0 spiro atoms. The van der Waals surface area contributed by atoms with Gasteiger partial charge >= 0.3 is 0 Å². The molecule has 1 heterocycles. The second kappa shape index (κ2) is 5.15. The van der Waals surface area contributed by atoms with Gasteiger partial charge in [0.25, 0.3) is 0 Å². The van der Waals surface area contributed by atoms with E-state index in [0.29, 0.717) is 6.04 Å². The van der Waals surface area contributed by atoms with Gasteiger partial charge in [0.15, 0.2) is 5.13 Å². The molecule has 90 valence electrons. The average molecular weight is 239 g/mol. The molecule has 1 aliphatic carbocycles. The fourth-order valence-corrected chi connectivity index (χ4v) is 3.45. The van der Waals surface area contributed by atoms with Gasteiger partial charge in [0.1, 0.15) is 0 Å². The van der Waals surface area contributed by atoms with Crippen molar-refractivity contribution in [1.29, 1.82) is 0 Å². The molecule has 3 nitrogen and oxygen atoms in total. The van der Waals surface area contributed by atoms with Crippen LogP contribution in [0.25, 0.3) is 0 Å². The van der Waals surface area contributed by atoms with Crippen LogP contribution in [0.3, 0.4) is 0 Å². The predicted molar refractivity (Wildman–Crippen MR) is 70.0 cm³/mol. The van der Waals surface area contributed by atoms with E-state index in [-0.39, 0.29) is 6.04 Å². The van der Waals surface area contributed by atoms with Crippen molar-refractivity contribution in [3.63, 3.8) is 0 Å².